The first-order valence-electron chi connectivity index (χ1n) is 16.4. The van der Waals surface area contributed by atoms with Crippen LogP contribution in [-0.2, 0) is 0 Å². The van der Waals surface area contributed by atoms with Crippen molar-refractivity contribution in [3.63, 3.8) is 0 Å². The van der Waals surface area contributed by atoms with Gasteiger partial charge in [0.15, 0.2) is 0 Å². The monoisotopic (exact) mass is 594 g/mol. The van der Waals surface area contributed by atoms with E-state index in [4.69, 9.17) is 6.58 Å². The van der Waals surface area contributed by atoms with Gasteiger partial charge in [0.05, 0.1) is 0 Å². The van der Waals surface area contributed by atoms with Crippen LogP contribution in [0.3, 0.4) is 0 Å². The third-order valence-corrected chi connectivity index (χ3v) is 9.07. The van der Waals surface area contributed by atoms with Gasteiger partial charge in [0, 0.05) is 17.8 Å². The molecule has 4 aliphatic carbocycles. The van der Waals surface area contributed by atoms with Crippen LogP contribution in [-0.4, -0.2) is 0 Å². The summed E-state index contributed by atoms with van der Waals surface area (Å²) in [5, 5.41) is 2.70. The van der Waals surface area contributed by atoms with E-state index >= 15 is 0 Å². The van der Waals surface area contributed by atoms with E-state index in [0.29, 0.717) is 5.92 Å². The van der Waals surface area contributed by atoms with E-state index in [1.54, 1.807) is 0 Å². The van der Waals surface area contributed by atoms with E-state index in [0.717, 1.165) is 30.4 Å². The van der Waals surface area contributed by atoms with Gasteiger partial charge in [-0.3, -0.25) is 0 Å². The Morgan fingerprint density at radius 2 is 1.46 bits per heavy atom. The smallest absolute Gasteiger partial charge is 0.0130 e. The number of fused-ring (bicyclic) bond motifs is 3. The third kappa shape index (κ3) is 7.03. The maximum atomic E-state index is 4.69. The molecule has 0 N–H and O–H groups in total. The fourth-order valence-corrected chi connectivity index (χ4v) is 6.82. The molecular formula is C46H42. The SMILES string of the molecule is C=CCC/C=C/C=C/C(=C\C(=C)\C1=C/C=C\C=C/C=C(\C2=c3ccccc3=C3C=CC=CC3C2)C2C=CC=CC12)c1ccccc1. The van der Waals surface area contributed by atoms with Gasteiger partial charge in [0.2, 0.25) is 0 Å². The summed E-state index contributed by atoms with van der Waals surface area (Å²) < 4.78 is 0. The van der Waals surface area contributed by atoms with Crippen molar-refractivity contribution in [3.05, 3.63) is 222 Å². The first-order chi connectivity index (χ1) is 22.7. The van der Waals surface area contributed by atoms with E-state index in [1.807, 2.05) is 6.08 Å². The first kappa shape index (κ1) is 30.8. The molecule has 2 aromatic rings. The molecule has 3 unspecified atom stereocenters. The van der Waals surface area contributed by atoms with Gasteiger partial charge in [0.25, 0.3) is 0 Å². The fourth-order valence-electron chi connectivity index (χ4n) is 6.82. The third-order valence-electron chi connectivity index (χ3n) is 9.07. The highest BCUT2D eigenvalue weighted by molar-refractivity contribution is 5.79. The minimum Gasteiger partial charge on any atom is -0.103 e. The molecule has 0 amide bonds. The standard InChI is InChI=1S/C46H42/c1-3-4-5-6-7-11-24-37(36-22-12-10-13-23-36)33-35(2)39-26-14-8-9-15-28-45(43-31-20-18-29-41(39)43)46-34-38-25-16-17-27-40(38)42-30-19-21-32-44(42)46/h3,6-33,38,41,43H,1-2,4-5,34H2/b7-6+,14-8-,15-9-,24-11+,37-33+,39-26+,45-28-. The molecule has 0 aliphatic heterocycles. The summed E-state index contributed by atoms with van der Waals surface area (Å²) in [4.78, 5) is 0. The van der Waals surface area contributed by atoms with Crippen molar-refractivity contribution in [3.8, 4) is 0 Å². The van der Waals surface area contributed by atoms with E-state index in [-0.39, 0.29) is 11.8 Å². The van der Waals surface area contributed by atoms with Crippen LogP contribution in [0.2, 0.25) is 0 Å². The average molecular weight is 595 g/mol. The summed E-state index contributed by atoms with van der Waals surface area (Å²) in [7, 11) is 0. The highest BCUT2D eigenvalue weighted by Gasteiger charge is 2.31. The number of rotatable bonds is 9. The molecule has 4 aliphatic rings. The summed E-state index contributed by atoms with van der Waals surface area (Å²) in [5.41, 5.74) is 8.79. The lowest BCUT2D eigenvalue weighted by Gasteiger charge is -2.33. The van der Waals surface area contributed by atoms with E-state index in [2.05, 4.69) is 177 Å². The zero-order valence-electron chi connectivity index (χ0n) is 26.5. The van der Waals surface area contributed by atoms with Crippen LogP contribution in [0.1, 0.15) is 24.8 Å². The Labute approximate surface area is 275 Å². The first-order valence-corrected chi connectivity index (χ1v) is 16.4. The maximum absolute atomic E-state index is 4.69. The Morgan fingerprint density at radius 1 is 0.717 bits per heavy atom. The van der Waals surface area contributed by atoms with Crippen LogP contribution in [0.4, 0.5) is 0 Å². The number of unbranched alkanes of at least 4 members (excludes halogenated alkanes) is 1. The van der Waals surface area contributed by atoms with Crippen LogP contribution in [0.15, 0.2) is 206 Å². The summed E-state index contributed by atoms with van der Waals surface area (Å²) in [6, 6.07) is 19.5. The molecule has 0 fully saturated rings. The van der Waals surface area contributed by atoms with Gasteiger partial charge in [-0.15, -0.1) is 6.58 Å². The molecular weight excluding hydrogens is 553 g/mol. The van der Waals surface area contributed by atoms with Crippen LogP contribution in [0.25, 0.3) is 16.7 Å². The normalized spacial score (nSPS) is 25.7. The summed E-state index contributed by atoms with van der Waals surface area (Å²) in [5.74, 6) is 0.701. The van der Waals surface area contributed by atoms with Gasteiger partial charge < -0.3 is 0 Å². The second kappa shape index (κ2) is 15.2. The number of benzene rings is 2. The Morgan fingerprint density at radius 3 is 2.28 bits per heavy atom. The number of hydrogen-bond donors (Lipinski definition) is 0. The highest BCUT2D eigenvalue weighted by atomic mass is 14.3. The van der Waals surface area contributed by atoms with Crippen LogP contribution >= 0.6 is 0 Å². The van der Waals surface area contributed by atoms with Gasteiger partial charge in [-0.05, 0) is 74.8 Å². The molecule has 0 bridgehead atoms. The molecule has 46 heavy (non-hydrogen) atoms. The molecule has 3 atom stereocenters. The van der Waals surface area contributed by atoms with Crippen molar-refractivity contribution in [2.24, 2.45) is 17.8 Å². The fraction of sp³-hybridized carbons (Fsp3) is 0.130. The topological polar surface area (TPSA) is 0 Å². The minimum absolute atomic E-state index is 0.141. The van der Waals surface area contributed by atoms with Crippen LogP contribution in [0, 0.1) is 17.8 Å². The Balaban J connectivity index is 1.42. The quantitative estimate of drug-likeness (QED) is 0.154. The summed E-state index contributed by atoms with van der Waals surface area (Å²) in [6.07, 6.45) is 47.2. The van der Waals surface area contributed by atoms with Gasteiger partial charge in [-0.25, -0.2) is 0 Å². The predicted octanol–water partition coefficient (Wildman–Crippen LogP) is 10.2. The minimum atomic E-state index is 0.141. The predicted molar refractivity (Wildman–Crippen MR) is 200 cm³/mol. The molecule has 0 aromatic heterocycles. The molecule has 0 heterocycles. The Kier molecular flexibility index (Phi) is 10.2. The van der Waals surface area contributed by atoms with Crippen molar-refractivity contribution >= 4 is 16.7 Å². The lowest BCUT2D eigenvalue weighted by atomic mass is 9.70. The van der Waals surface area contributed by atoms with Crippen molar-refractivity contribution in [2.45, 2.75) is 19.3 Å². The van der Waals surface area contributed by atoms with Gasteiger partial charge in [-0.1, -0.05) is 177 Å². The van der Waals surface area contributed by atoms with E-state index in [1.165, 1.54) is 38.3 Å². The highest BCUT2D eigenvalue weighted by Crippen LogP contribution is 2.42. The van der Waals surface area contributed by atoms with Crippen molar-refractivity contribution < 1.29 is 0 Å². The molecule has 0 heteroatoms. The summed E-state index contributed by atoms with van der Waals surface area (Å²) >= 11 is 0. The van der Waals surface area contributed by atoms with Crippen molar-refractivity contribution in [2.75, 3.05) is 0 Å². The van der Waals surface area contributed by atoms with Gasteiger partial charge in [-0.2, -0.15) is 0 Å². The van der Waals surface area contributed by atoms with E-state index in [9.17, 15) is 0 Å². The maximum Gasteiger partial charge on any atom is 0.0130 e. The van der Waals surface area contributed by atoms with Crippen LogP contribution < -0.4 is 10.4 Å². The lowest BCUT2D eigenvalue weighted by Crippen LogP contribution is -2.36. The van der Waals surface area contributed by atoms with Crippen molar-refractivity contribution in [1.82, 2.24) is 0 Å². The Hall–Kier alpha value is -5.20. The molecule has 0 radical (unpaired) electrons. The van der Waals surface area contributed by atoms with Gasteiger partial charge in [0.1, 0.15) is 0 Å². The number of allylic oxidation sites excluding steroid dienone is 24. The molecule has 6 rings (SSSR count). The average Bonchev–Trinajstić information content (AvgIpc) is 3.11. The Bertz CT molecular complexity index is 1930. The van der Waals surface area contributed by atoms with Crippen molar-refractivity contribution in [1.29, 1.82) is 0 Å². The zero-order valence-corrected chi connectivity index (χ0v) is 26.5. The zero-order chi connectivity index (χ0) is 31.6. The molecule has 0 spiro atoms. The molecule has 0 saturated heterocycles. The van der Waals surface area contributed by atoms with Crippen LogP contribution in [0.5, 0.6) is 0 Å². The lowest BCUT2D eigenvalue weighted by molar-refractivity contribution is 0.616. The second-order valence-corrected chi connectivity index (χ2v) is 12.0. The van der Waals surface area contributed by atoms with Gasteiger partial charge >= 0.3 is 0 Å². The second-order valence-electron chi connectivity index (χ2n) is 12.0. The molecule has 0 saturated carbocycles. The summed E-state index contributed by atoms with van der Waals surface area (Å²) in [6.45, 7) is 8.52. The van der Waals surface area contributed by atoms with E-state index < -0.39 is 0 Å². The molecule has 2 aromatic carbocycles. The molecule has 226 valence electrons. The number of hydrogen-bond acceptors (Lipinski definition) is 0. The largest absolute Gasteiger partial charge is 0.103 e. The molecule has 0 nitrogen and oxygen atoms in total.